The summed E-state index contributed by atoms with van der Waals surface area (Å²) in [4.78, 5) is 0. The number of alkyl halides is 3. The van der Waals surface area contributed by atoms with E-state index in [1.54, 1.807) is 19.2 Å². The van der Waals surface area contributed by atoms with Gasteiger partial charge in [-0.05, 0) is 0 Å². The molecule has 0 bridgehead atoms. The Morgan fingerprint density at radius 1 is 0.929 bits per heavy atom. The van der Waals surface area contributed by atoms with Gasteiger partial charge in [-0.15, -0.1) is 0 Å². The van der Waals surface area contributed by atoms with Crippen molar-refractivity contribution < 1.29 is 40.5 Å². The fourth-order valence-corrected chi connectivity index (χ4v) is 5.73. The number of halogens is 3. The molecular weight excluding hydrogens is 468 g/mol. The molecule has 0 atom stereocenters. The summed E-state index contributed by atoms with van der Waals surface area (Å²) in [5.74, 6) is -0.189. The molecule has 0 heterocycles. The Labute approximate surface area is 169 Å². The van der Waals surface area contributed by atoms with E-state index >= 15 is 0 Å². The van der Waals surface area contributed by atoms with Crippen LogP contribution in [0.2, 0.25) is 5.32 Å². The molecule has 1 aromatic rings. The van der Waals surface area contributed by atoms with E-state index in [1.807, 2.05) is 12.1 Å². The van der Waals surface area contributed by atoms with Crippen LogP contribution in [0, 0.1) is 0 Å². The van der Waals surface area contributed by atoms with E-state index in [2.05, 4.69) is 0 Å². The summed E-state index contributed by atoms with van der Waals surface area (Å²) in [7, 11) is -3.40. The molecule has 162 valence electrons. The zero-order valence-electron chi connectivity index (χ0n) is 15.6. The Bertz CT molecular complexity index is 637. The zero-order valence-corrected chi connectivity index (χ0v) is 18.1. The van der Waals surface area contributed by atoms with Crippen molar-refractivity contribution in [2.45, 2.75) is 16.1 Å². The Kier molecular flexibility index (Phi) is 12.1. The minimum atomic E-state index is -5.16. The van der Waals surface area contributed by atoms with Gasteiger partial charge in [0, 0.05) is 7.11 Å². The Morgan fingerprint density at radius 2 is 1.50 bits per heavy atom. The number of rotatable bonds is 15. The third-order valence-corrected chi connectivity index (χ3v) is 7.53. The molecule has 0 aliphatic rings. The Balaban J connectivity index is 2.14. The van der Waals surface area contributed by atoms with Gasteiger partial charge in [0.25, 0.3) is 0 Å². The first-order valence-corrected chi connectivity index (χ1v) is 12.6. The fourth-order valence-electron chi connectivity index (χ4n) is 1.84. The average molecular weight is 493 g/mol. The molecule has 0 amide bonds. The van der Waals surface area contributed by atoms with Crippen LogP contribution in [0.1, 0.15) is 5.56 Å². The molecule has 11 heteroatoms. The molecule has 0 aliphatic heterocycles. The molecule has 6 nitrogen and oxygen atoms in total. The summed E-state index contributed by atoms with van der Waals surface area (Å²) >= 11 is -0.222. The maximum absolute atomic E-state index is 12.2. The second-order valence-corrected chi connectivity index (χ2v) is 9.95. The van der Waals surface area contributed by atoms with E-state index in [0.717, 1.165) is 5.56 Å². The predicted molar refractivity (Wildman–Crippen MR) is 99.6 cm³/mol. The summed E-state index contributed by atoms with van der Waals surface area (Å²) in [5.41, 5.74) is -4.23. The van der Waals surface area contributed by atoms with Crippen LogP contribution in [0.4, 0.5) is 13.2 Å². The number of sulfone groups is 1. The van der Waals surface area contributed by atoms with Crippen LogP contribution < -0.4 is 4.74 Å². The van der Waals surface area contributed by atoms with Crippen LogP contribution in [0.5, 0.6) is 5.75 Å². The summed E-state index contributed by atoms with van der Waals surface area (Å²) in [6, 6.07) is 7.18. The first-order chi connectivity index (χ1) is 13.3. The van der Waals surface area contributed by atoms with Crippen LogP contribution in [-0.4, -0.2) is 81.4 Å². The van der Waals surface area contributed by atoms with Crippen molar-refractivity contribution in [1.82, 2.24) is 0 Å². The SMILES string of the molecule is COCCOCCOCCOc1ccc(C[Se]CCS(=O)(=O)C(F)(F)F)cc1. The van der Waals surface area contributed by atoms with Crippen LogP contribution in [0.15, 0.2) is 24.3 Å². The van der Waals surface area contributed by atoms with Gasteiger partial charge in [0.2, 0.25) is 0 Å². The number of hydrogen-bond donors (Lipinski definition) is 0. The van der Waals surface area contributed by atoms with Crippen LogP contribution in [0.3, 0.4) is 0 Å². The maximum atomic E-state index is 12.2. The molecule has 0 saturated carbocycles. The van der Waals surface area contributed by atoms with Crippen molar-refractivity contribution in [3.63, 3.8) is 0 Å². The van der Waals surface area contributed by atoms with Gasteiger partial charge in [0.15, 0.2) is 0 Å². The molecule has 0 unspecified atom stereocenters. The van der Waals surface area contributed by atoms with Gasteiger partial charge in [0.05, 0.1) is 13.2 Å². The number of benzene rings is 1. The topological polar surface area (TPSA) is 71.1 Å². The van der Waals surface area contributed by atoms with E-state index < -0.39 is 21.1 Å². The molecule has 0 fully saturated rings. The normalized spacial score (nSPS) is 12.3. The van der Waals surface area contributed by atoms with Crippen LogP contribution in [-0.2, 0) is 29.4 Å². The minimum absolute atomic E-state index is 0.0274. The molecule has 28 heavy (non-hydrogen) atoms. The Hall–Kier alpha value is -0.841. The van der Waals surface area contributed by atoms with E-state index in [0.29, 0.717) is 50.7 Å². The summed E-state index contributed by atoms with van der Waals surface area (Å²) in [6.45, 7) is 2.85. The first-order valence-electron chi connectivity index (χ1n) is 8.49. The van der Waals surface area contributed by atoms with Crippen LogP contribution in [0.25, 0.3) is 0 Å². The molecular formula is C17H25F3O6SSe. The second-order valence-electron chi connectivity index (χ2n) is 5.53. The standard InChI is InChI=1S/C17H25F3O6SSe/c1-23-6-7-24-8-9-25-10-11-26-16-4-2-15(3-5-16)14-28-13-12-27(21,22)17(18,19)20/h2-5H,6-14H2,1H3. The molecule has 0 N–H and O–H groups in total. The summed E-state index contributed by atoms with van der Waals surface area (Å²) < 4.78 is 79.7. The van der Waals surface area contributed by atoms with Crippen molar-refractivity contribution in [2.75, 3.05) is 52.5 Å². The fraction of sp³-hybridized carbons (Fsp3) is 0.647. The van der Waals surface area contributed by atoms with Crippen molar-refractivity contribution >= 4 is 24.8 Å². The van der Waals surface area contributed by atoms with Gasteiger partial charge in [-0.1, -0.05) is 0 Å². The third kappa shape index (κ3) is 10.6. The Morgan fingerprint density at radius 3 is 2.07 bits per heavy atom. The van der Waals surface area contributed by atoms with Gasteiger partial charge >= 0.3 is 144 Å². The van der Waals surface area contributed by atoms with Gasteiger partial charge in [0.1, 0.15) is 0 Å². The van der Waals surface area contributed by atoms with Gasteiger partial charge in [-0.25, -0.2) is 0 Å². The van der Waals surface area contributed by atoms with Crippen molar-refractivity contribution in [1.29, 1.82) is 0 Å². The van der Waals surface area contributed by atoms with E-state index in [9.17, 15) is 21.6 Å². The van der Waals surface area contributed by atoms with Crippen molar-refractivity contribution in [2.24, 2.45) is 0 Å². The number of methoxy groups -OCH3 is 1. The molecule has 0 saturated heterocycles. The molecule has 1 aromatic carbocycles. The summed E-state index contributed by atoms with van der Waals surface area (Å²) in [6.07, 6.45) is 0. The second kappa shape index (κ2) is 13.4. The quantitative estimate of drug-likeness (QED) is 0.276. The van der Waals surface area contributed by atoms with Gasteiger partial charge in [-0.2, -0.15) is 0 Å². The summed E-state index contributed by atoms with van der Waals surface area (Å²) in [5, 5.41) is 0.590. The monoisotopic (exact) mass is 494 g/mol. The third-order valence-electron chi connectivity index (χ3n) is 3.34. The van der Waals surface area contributed by atoms with Crippen molar-refractivity contribution in [3.05, 3.63) is 29.8 Å². The van der Waals surface area contributed by atoms with E-state index in [-0.39, 0.29) is 20.3 Å². The number of hydrogen-bond acceptors (Lipinski definition) is 6. The zero-order chi connectivity index (χ0) is 20.9. The molecule has 1 rings (SSSR count). The first kappa shape index (κ1) is 25.2. The molecule has 0 aromatic heterocycles. The van der Waals surface area contributed by atoms with Gasteiger partial charge < -0.3 is 4.74 Å². The predicted octanol–water partition coefficient (Wildman–Crippen LogP) is 2.30. The average Bonchev–Trinajstić information content (AvgIpc) is 2.64. The van der Waals surface area contributed by atoms with Crippen LogP contribution >= 0.6 is 0 Å². The molecule has 0 spiro atoms. The van der Waals surface area contributed by atoms with E-state index in [1.165, 1.54) is 0 Å². The molecule has 0 aliphatic carbocycles. The molecule has 0 radical (unpaired) electrons. The van der Waals surface area contributed by atoms with Crippen molar-refractivity contribution in [3.8, 4) is 5.75 Å². The number of ether oxygens (including phenoxy) is 4. The van der Waals surface area contributed by atoms with Gasteiger partial charge in [-0.3, -0.25) is 0 Å². The van der Waals surface area contributed by atoms with E-state index in [4.69, 9.17) is 18.9 Å².